The van der Waals surface area contributed by atoms with Crippen LogP contribution in [0.1, 0.15) is 87.1 Å². The van der Waals surface area contributed by atoms with Crippen LogP contribution < -0.4 is 10.6 Å². The molecule has 0 aliphatic heterocycles. The number of hydrogen-bond donors (Lipinski definition) is 2. The molecule has 43 heavy (non-hydrogen) atoms. The number of aryl methyl sites for hydroxylation is 1. The van der Waals surface area contributed by atoms with Crippen molar-refractivity contribution in [2.24, 2.45) is 22.7 Å². The van der Waals surface area contributed by atoms with E-state index in [0.717, 1.165) is 68.0 Å². The third-order valence-electron chi connectivity index (χ3n) is 8.59. The molecule has 3 aliphatic carbocycles. The summed E-state index contributed by atoms with van der Waals surface area (Å²) in [5.41, 5.74) is 3.06. The number of carbonyl (C=O) groups is 2. The van der Waals surface area contributed by atoms with Gasteiger partial charge in [-0.3, -0.25) is 14.6 Å². The molecule has 8 nitrogen and oxygen atoms in total. The Morgan fingerprint density at radius 3 is 2.44 bits per heavy atom. The van der Waals surface area contributed by atoms with E-state index in [4.69, 9.17) is 14.5 Å². The molecule has 0 saturated heterocycles. The van der Waals surface area contributed by atoms with Crippen molar-refractivity contribution < 1.29 is 20.5 Å². The van der Waals surface area contributed by atoms with Crippen LogP contribution in [0.5, 0.6) is 0 Å². The molecule has 1 atom stereocenters. The highest BCUT2D eigenvalue weighted by atomic mass is 32.1. The van der Waals surface area contributed by atoms with E-state index in [1.807, 2.05) is 19.9 Å². The van der Waals surface area contributed by atoms with Gasteiger partial charge < -0.3 is 25.0 Å². The van der Waals surface area contributed by atoms with Crippen molar-refractivity contribution in [3.63, 3.8) is 0 Å². The van der Waals surface area contributed by atoms with Crippen molar-refractivity contribution in [2.75, 3.05) is 38.2 Å². The third kappa shape index (κ3) is 8.89. The first-order valence-electron chi connectivity index (χ1n) is 16.3. The normalized spacial score (nSPS) is 18.4. The van der Waals surface area contributed by atoms with E-state index in [0.29, 0.717) is 43.7 Å². The number of amidine groups is 1. The summed E-state index contributed by atoms with van der Waals surface area (Å²) >= 11 is 1.61. The Morgan fingerprint density at radius 2 is 1.79 bits per heavy atom. The molecule has 0 spiro atoms. The van der Waals surface area contributed by atoms with Crippen LogP contribution in [0.2, 0.25) is 0 Å². The fourth-order valence-corrected chi connectivity index (χ4v) is 7.06. The molecule has 1 aromatic heterocycles. The zero-order valence-corrected chi connectivity index (χ0v) is 26.8. The average molecular weight is 611 g/mol. The van der Waals surface area contributed by atoms with Crippen molar-refractivity contribution >= 4 is 34.0 Å². The number of thiophene rings is 1. The van der Waals surface area contributed by atoms with E-state index in [-0.39, 0.29) is 25.4 Å². The summed E-state index contributed by atoms with van der Waals surface area (Å²) in [4.78, 5) is 35.0. The lowest BCUT2D eigenvalue weighted by molar-refractivity contribution is -0.128. The van der Waals surface area contributed by atoms with Crippen LogP contribution in [-0.4, -0.2) is 61.7 Å². The van der Waals surface area contributed by atoms with Gasteiger partial charge in [0, 0.05) is 51.5 Å². The van der Waals surface area contributed by atoms with Gasteiger partial charge in [0.25, 0.3) is 5.91 Å². The number of benzene rings is 1. The number of fused-ring (bicyclic) bond motifs is 1. The summed E-state index contributed by atoms with van der Waals surface area (Å²) < 4.78 is 11.6. The number of nitrogens with one attached hydrogen (secondary N) is 2. The summed E-state index contributed by atoms with van der Waals surface area (Å²) in [6.45, 7) is 10.1. The molecule has 2 amide bonds. The number of hydrogen-bond acceptors (Lipinski definition) is 6. The summed E-state index contributed by atoms with van der Waals surface area (Å²) in [5, 5.41) is 7.06. The van der Waals surface area contributed by atoms with Gasteiger partial charge in [-0.2, -0.15) is 0 Å². The highest BCUT2D eigenvalue weighted by Gasteiger charge is 2.35. The van der Waals surface area contributed by atoms with Crippen molar-refractivity contribution in [3.05, 3.63) is 51.9 Å². The summed E-state index contributed by atoms with van der Waals surface area (Å²) in [5.74, 6) is 2.09. The quantitative estimate of drug-likeness (QED) is 0.132. The number of nitrogens with zero attached hydrogens (tertiary/aromatic N) is 2. The van der Waals surface area contributed by atoms with Gasteiger partial charge in [-0.1, -0.05) is 30.3 Å². The van der Waals surface area contributed by atoms with Gasteiger partial charge in [0.1, 0.15) is 5.00 Å². The number of anilines is 1. The molecule has 2 N–H and O–H groups in total. The highest BCUT2D eigenvalue weighted by molar-refractivity contribution is 7.17. The second-order valence-electron chi connectivity index (χ2n) is 12.0. The maximum atomic E-state index is 13.6. The SMILES string of the molecule is CCOC(CN=C(C[C@H]1CCc2sc(NC(=O)C3CC3)c(C(=O)NCC3CC3)c2C1)N(CC)Cc1ccccc1)OCC.[HH]. The monoisotopic (exact) mass is 610 g/mol. The van der Waals surface area contributed by atoms with Gasteiger partial charge in [-0.15, -0.1) is 11.3 Å². The molecule has 1 aromatic carbocycles. The molecule has 1 heterocycles. The molecule has 0 bridgehead atoms. The van der Waals surface area contributed by atoms with Crippen LogP contribution in [-0.2, 0) is 33.7 Å². The lowest BCUT2D eigenvalue weighted by Crippen LogP contribution is -2.34. The van der Waals surface area contributed by atoms with Gasteiger partial charge in [0.15, 0.2) is 6.29 Å². The Balaban J connectivity index is 0.00000442. The Kier molecular flexibility index (Phi) is 11.3. The van der Waals surface area contributed by atoms with E-state index in [1.165, 1.54) is 23.3 Å². The van der Waals surface area contributed by atoms with Gasteiger partial charge in [-0.25, -0.2) is 0 Å². The molecule has 236 valence electrons. The van der Waals surface area contributed by atoms with E-state index < -0.39 is 0 Å². The van der Waals surface area contributed by atoms with E-state index in [1.54, 1.807) is 11.3 Å². The Labute approximate surface area is 262 Å². The average Bonchev–Trinajstić information content (AvgIpc) is 3.94. The van der Waals surface area contributed by atoms with Crippen LogP contribution >= 0.6 is 11.3 Å². The summed E-state index contributed by atoms with van der Waals surface area (Å²) in [7, 11) is 0. The predicted molar refractivity (Wildman–Crippen MR) is 175 cm³/mol. The third-order valence-corrected chi connectivity index (χ3v) is 9.79. The molecule has 2 fully saturated rings. The molecule has 2 saturated carbocycles. The summed E-state index contributed by atoms with van der Waals surface area (Å²) in [6.07, 6.45) is 7.43. The van der Waals surface area contributed by atoms with Gasteiger partial charge in [-0.05, 0) is 88.7 Å². The summed E-state index contributed by atoms with van der Waals surface area (Å²) in [6, 6.07) is 10.5. The van der Waals surface area contributed by atoms with Crippen LogP contribution in [0.4, 0.5) is 5.00 Å². The minimum atomic E-state index is -0.366. The van der Waals surface area contributed by atoms with Crippen LogP contribution in [0.3, 0.4) is 0 Å². The lowest BCUT2D eigenvalue weighted by atomic mass is 9.83. The van der Waals surface area contributed by atoms with Crippen LogP contribution in [0.25, 0.3) is 0 Å². The number of aliphatic imine (C=N–C) groups is 1. The molecule has 9 heteroatoms. The maximum absolute atomic E-state index is 13.6. The number of carbonyl (C=O) groups excluding carboxylic acids is 2. The topological polar surface area (TPSA) is 92.3 Å². The molecular formula is C34H50N4O4S. The molecule has 0 radical (unpaired) electrons. The number of rotatable bonds is 16. The van der Waals surface area contributed by atoms with Crippen LogP contribution in [0, 0.1) is 17.8 Å². The predicted octanol–water partition coefficient (Wildman–Crippen LogP) is 6.30. The minimum absolute atomic E-state index is 0. The van der Waals surface area contributed by atoms with Gasteiger partial charge in [0.2, 0.25) is 5.91 Å². The Hall–Kier alpha value is -2.75. The fourth-order valence-electron chi connectivity index (χ4n) is 5.81. The Morgan fingerprint density at radius 1 is 1.05 bits per heavy atom. The van der Waals surface area contributed by atoms with E-state index in [9.17, 15) is 9.59 Å². The van der Waals surface area contributed by atoms with Gasteiger partial charge >= 0.3 is 0 Å². The fraction of sp³-hybridized carbons (Fsp3) is 0.618. The zero-order chi connectivity index (χ0) is 30.2. The Bertz CT molecular complexity index is 1260. The zero-order valence-electron chi connectivity index (χ0n) is 26.0. The number of amides is 2. The lowest BCUT2D eigenvalue weighted by Gasteiger charge is -2.30. The maximum Gasteiger partial charge on any atom is 0.254 e. The molecule has 2 aromatic rings. The second kappa shape index (κ2) is 15.3. The first-order chi connectivity index (χ1) is 21.0. The first kappa shape index (κ1) is 31.7. The molecular weight excluding hydrogens is 560 g/mol. The van der Waals surface area contributed by atoms with Crippen LogP contribution in [0.15, 0.2) is 35.3 Å². The minimum Gasteiger partial charge on any atom is -0.356 e. The largest absolute Gasteiger partial charge is 0.356 e. The molecule has 3 aliphatic rings. The molecule has 0 unspecified atom stereocenters. The standard InChI is InChI=1S/C34H48N4O4S.H2/c1-4-38(22-24-10-8-7-9-11-24)29(35-21-30(41-5-2)42-6-3)19-25-14-17-28-27(18-25)31(33(40)36-20-23-12-13-23)34(43-28)37-32(39)26-15-16-26;/h7-11,23,25-26,30H,4-6,12-22H2,1-3H3,(H,36,40)(H,37,39);1H/t25-;/m0./s1. The second-order valence-corrected chi connectivity index (χ2v) is 13.1. The first-order valence-corrected chi connectivity index (χ1v) is 17.1. The molecule has 5 rings (SSSR count). The van der Waals surface area contributed by atoms with Gasteiger partial charge in [0.05, 0.1) is 17.9 Å². The van der Waals surface area contributed by atoms with E-state index in [2.05, 4.69) is 46.7 Å². The van der Waals surface area contributed by atoms with E-state index >= 15 is 0 Å². The van der Waals surface area contributed by atoms with Crippen molar-refractivity contribution in [2.45, 2.75) is 85.0 Å². The number of ether oxygens (including phenoxy) is 2. The van der Waals surface area contributed by atoms with Crippen molar-refractivity contribution in [1.29, 1.82) is 0 Å². The smallest absolute Gasteiger partial charge is 0.254 e. The van der Waals surface area contributed by atoms with Crippen molar-refractivity contribution in [3.8, 4) is 0 Å². The van der Waals surface area contributed by atoms with Crippen molar-refractivity contribution in [1.82, 2.24) is 10.2 Å². The highest BCUT2D eigenvalue weighted by Crippen LogP contribution is 2.42.